The van der Waals surface area contributed by atoms with Crippen LogP contribution < -0.4 is 5.32 Å². The van der Waals surface area contributed by atoms with Crippen molar-refractivity contribution >= 4 is 0 Å². The first-order valence-electron chi connectivity index (χ1n) is 8.51. The zero-order valence-electron chi connectivity index (χ0n) is 13.9. The predicted octanol–water partition coefficient (Wildman–Crippen LogP) is 3.22. The summed E-state index contributed by atoms with van der Waals surface area (Å²) in [5.41, 5.74) is 2.34. The lowest BCUT2D eigenvalue weighted by atomic mass is 9.98. The molecule has 1 atom stereocenters. The summed E-state index contributed by atoms with van der Waals surface area (Å²) in [7, 11) is 0. The fourth-order valence-electron chi connectivity index (χ4n) is 3.09. The van der Waals surface area contributed by atoms with Crippen molar-refractivity contribution in [3.63, 3.8) is 0 Å². The molecule has 0 amide bonds. The van der Waals surface area contributed by atoms with E-state index in [1.165, 1.54) is 37.8 Å². The monoisotopic (exact) mass is 293 g/mol. The summed E-state index contributed by atoms with van der Waals surface area (Å²) < 4.78 is 8.04. The number of rotatable bonds is 8. The lowest BCUT2D eigenvalue weighted by Crippen LogP contribution is -2.32. The Morgan fingerprint density at radius 3 is 2.76 bits per heavy atom. The van der Waals surface area contributed by atoms with E-state index in [4.69, 9.17) is 4.74 Å². The maximum atomic E-state index is 5.95. The average molecular weight is 293 g/mol. The second-order valence-corrected chi connectivity index (χ2v) is 6.45. The SMILES string of the molecule is Cc1cc(C)n(CC(C)NCCCOC2CCCCC2)n1. The van der Waals surface area contributed by atoms with E-state index in [1.54, 1.807) is 0 Å². The molecule has 1 heterocycles. The van der Waals surface area contributed by atoms with Gasteiger partial charge in [-0.05, 0) is 52.6 Å². The van der Waals surface area contributed by atoms with Crippen LogP contribution in [0.25, 0.3) is 0 Å². The van der Waals surface area contributed by atoms with Gasteiger partial charge in [-0.1, -0.05) is 19.3 Å². The molecule has 1 aromatic rings. The molecule has 0 saturated heterocycles. The number of aromatic nitrogens is 2. The van der Waals surface area contributed by atoms with Crippen LogP contribution in [0.15, 0.2) is 6.07 Å². The molecule has 0 aliphatic heterocycles. The molecule has 0 spiro atoms. The van der Waals surface area contributed by atoms with Crippen molar-refractivity contribution < 1.29 is 4.74 Å². The van der Waals surface area contributed by atoms with E-state index in [1.807, 2.05) is 6.92 Å². The lowest BCUT2D eigenvalue weighted by molar-refractivity contribution is 0.0271. The highest BCUT2D eigenvalue weighted by Gasteiger charge is 2.13. The van der Waals surface area contributed by atoms with Gasteiger partial charge in [-0.2, -0.15) is 5.10 Å². The van der Waals surface area contributed by atoms with Crippen LogP contribution in [0.4, 0.5) is 0 Å². The van der Waals surface area contributed by atoms with Crippen LogP contribution in [0.5, 0.6) is 0 Å². The minimum atomic E-state index is 0.442. The number of hydrogen-bond donors (Lipinski definition) is 1. The van der Waals surface area contributed by atoms with Gasteiger partial charge in [0.2, 0.25) is 0 Å². The normalized spacial score (nSPS) is 18.0. The minimum absolute atomic E-state index is 0.442. The largest absolute Gasteiger partial charge is 0.378 e. The Kier molecular flexibility index (Phi) is 6.71. The Bertz CT molecular complexity index is 410. The molecule has 1 aliphatic carbocycles. The van der Waals surface area contributed by atoms with Crippen molar-refractivity contribution in [3.8, 4) is 0 Å². The van der Waals surface area contributed by atoms with Gasteiger partial charge in [-0.15, -0.1) is 0 Å². The van der Waals surface area contributed by atoms with Gasteiger partial charge in [0.25, 0.3) is 0 Å². The predicted molar refractivity (Wildman–Crippen MR) is 86.6 cm³/mol. The van der Waals surface area contributed by atoms with Gasteiger partial charge in [0.1, 0.15) is 0 Å². The van der Waals surface area contributed by atoms with E-state index in [2.05, 4.69) is 35.0 Å². The molecular weight excluding hydrogens is 262 g/mol. The Labute approximate surface area is 129 Å². The molecular formula is C17H31N3O. The van der Waals surface area contributed by atoms with E-state index in [-0.39, 0.29) is 0 Å². The molecule has 21 heavy (non-hydrogen) atoms. The molecule has 2 rings (SSSR count). The number of nitrogens with one attached hydrogen (secondary N) is 1. The van der Waals surface area contributed by atoms with Gasteiger partial charge in [0.05, 0.1) is 18.3 Å². The summed E-state index contributed by atoms with van der Waals surface area (Å²) in [5, 5.41) is 8.07. The molecule has 0 bridgehead atoms. The van der Waals surface area contributed by atoms with E-state index in [9.17, 15) is 0 Å². The van der Waals surface area contributed by atoms with Crippen molar-refractivity contribution in [1.82, 2.24) is 15.1 Å². The molecule has 1 saturated carbocycles. The van der Waals surface area contributed by atoms with Crippen LogP contribution in [-0.2, 0) is 11.3 Å². The van der Waals surface area contributed by atoms with Crippen molar-refractivity contribution in [2.75, 3.05) is 13.2 Å². The third kappa shape index (κ3) is 5.79. The van der Waals surface area contributed by atoms with E-state index in [0.717, 1.165) is 31.8 Å². The van der Waals surface area contributed by atoms with E-state index in [0.29, 0.717) is 12.1 Å². The summed E-state index contributed by atoms with van der Waals surface area (Å²) in [6.07, 6.45) is 8.25. The molecule has 4 nitrogen and oxygen atoms in total. The Morgan fingerprint density at radius 2 is 2.10 bits per heavy atom. The Hall–Kier alpha value is -0.870. The van der Waals surface area contributed by atoms with Crippen LogP contribution in [0.3, 0.4) is 0 Å². The first-order valence-corrected chi connectivity index (χ1v) is 8.51. The van der Waals surface area contributed by atoms with Crippen LogP contribution in [0, 0.1) is 13.8 Å². The topological polar surface area (TPSA) is 39.1 Å². The molecule has 1 aliphatic rings. The molecule has 1 unspecified atom stereocenters. The van der Waals surface area contributed by atoms with E-state index < -0.39 is 0 Å². The molecule has 1 aromatic heterocycles. The van der Waals surface area contributed by atoms with Crippen LogP contribution >= 0.6 is 0 Å². The molecule has 1 N–H and O–H groups in total. The van der Waals surface area contributed by atoms with Gasteiger partial charge in [-0.3, -0.25) is 4.68 Å². The van der Waals surface area contributed by atoms with Crippen molar-refractivity contribution in [1.29, 1.82) is 0 Å². The highest BCUT2D eigenvalue weighted by atomic mass is 16.5. The second kappa shape index (κ2) is 8.54. The van der Waals surface area contributed by atoms with Crippen LogP contribution in [-0.4, -0.2) is 35.1 Å². The first kappa shape index (κ1) is 16.5. The quantitative estimate of drug-likeness (QED) is 0.748. The van der Waals surface area contributed by atoms with E-state index >= 15 is 0 Å². The first-order chi connectivity index (χ1) is 10.1. The summed E-state index contributed by atoms with van der Waals surface area (Å²) in [4.78, 5) is 0. The minimum Gasteiger partial charge on any atom is -0.378 e. The summed E-state index contributed by atoms with van der Waals surface area (Å²) in [6, 6.07) is 2.57. The highest BCUT2D eigenvalue weighted by molar-refractivity contribution is 5.06. The number of nitrogens with zero attached hydrogens (tertiary/aromatic N) is 2. The van der Waals surface area contributed by atoms with Crippen molar-refractivity contribution in [2.45, 2.75) is 78.0 Å². The van der Waals surface area contributed by atoms with Crippen molar-refractivity contribution in [3.05, 3.63) is 17.5 Å². The average Bonchev–Trinajstić information content (AvgIpc) is 2.77. The highest BCUT2D eigenvalue weighted by Crippen LogP contribution is 2.20. The maximum absolute atomic E-state index is 5.95. The molecule has 1 fully saturated rings. The number of ether oxygens (including phenoxy) is 1. The standard InChI is InChI=1S/C17H31N3O/c1-14-12-16(3)20(19-14)13-15(2)18-10-7-11-21-17-8-5-4-6-9-17/h12,15,17-18H,4-11,13H2,1-3H3. The van der Waals surface area contributed by atoms with Crippen LogP contribution in [0.1, 0.15) is 56.8 Å². The number of aryl methyl sites for hydroxylation is 2. The molecule has 4 heteroatoms. The smallest absolute Gasteiger partial charge is 0.0596 e. The zero-order valence-corrected chi connectivity index (χ0v) is 13.9. The second-order valence-electron chi connectivity index (χ2n) is 6.45. The number of hydrogen-bond acceptors (Lipinski definition) is 3. The molecule has 0 aromatic carbocycles. The Balaban J connectivity index is 1.54. The van der Waals surface area contributed by atoms with Gasteiger partial charge in [0, 0.05) is 18.3 Å². The van der Waals surface area contributed by atoms with Gasteiger partial charge in [-0.25, -0.2) is 0 Å². The zero-order chi connectivity index (χ0) is 15.1. The Morgan fingerprint density at radius 1 is 1.33 bits per heavy atom. The van der Waals surface area contributed by atoms with Gasteiger partial charge in [0.15, 0.2) is 0 Å². The van der Waals surface area contributed by atoms with Crippen molar-refractivity contribution in [2.24, 2.45) is 0 Å². The third-order valence-corrected chi connectivity index (χ3v) is 4.27. The fourth-order valence-corrected chi connectivity index (χ4v) is 3.09. The lowest BCUT2D eigenvalue weighted by Gasteiger charge is -2.22. The fraction of sp³-hybridized carbons (Fsp3) is 0.824. The third-order valence-electron chi connectivity index (χ3n) is 4.27. The van der Waals surface area contributed by atoms with Gasteiger partial charge >= 0.3 is 0 Å². The summed E-state index contributed by atoms with van der Waals surface area (Å²) in [5.74, 6) is 0. The summed E-state index contributed by atoms with van der Waals surface area (Å²) >= 11 is 0. The summed E-state index contributed by atoms with van der Waals surface area (Å²) in [6.45, 7) is 9.23. The van der Waals surface area contributed by atoms with Crippen LogP contribution in [0.2, 0.25) is 0 Å². The molecule has 0 radical (unpaired) electrons. The van der Waals surface area contributed by atoms with Gasteiger partial charge < -0.3 is 10.1 Å². The molecule has 120 valence electrons. The maximum Gasteiger partial charge on any atom is 0.0596 e.